The summed E-state index contributed by atoms with van der Waals surface area (Å²) in [6.45, 7) is 3.58. The number of anilines is 1. The zero-order valence-electron chi connectivity index (χ0n) is 11.6. The van der Waals surface area contributed by atoms with E-state index in [1.807, 2.05) is 24.3 Å². The van der Waals surface area contributed by atoms with E-state index in [0.29, 0.717) is 6.54 Å². The van der Waals surface area contributed by atoms with Crippen LogP contribution in [-0.4, -0.2) is 30.2 Å². The highest BCUT2D eigenvalue weighted by molar-refractivity contribution is 5.75. The lowest BCUT2D eigenvalue weighted by molar-refractivity contribution is -0.136. The van der Waals surface area contributed by atoms with Gasteiger partial charge in [0.1, 0.15) is 0 Å². The lowest BCUT2D eigenvalue weighted by Crippen LogP contribution is -2.36. The van der Waals surface area contributed by atoms with Gasteiger partial charge in [-0.15, -0.1) is 0 Å². The SMILES string of the molecule is CCCNc1ccc(CNC(=O)NCCC(=O)O)cc1. The van der Waals surface area contributed by atoms with Crippen LogP contribution in [0.25, 0.3) is 0 Å². The highest BCUT2D eigenvalue weighted by atomic mass is 16.4. The fourth-order valence-corrected chi connectivity index (χ4v) is 1.54. The molecule has 6 nitrogen and oxygen atoms in total. The Bertz CT molecular complexity index is 432. The lowest BCUT2D eigenvalue weighted by atomic mass is 10.2. The Kier molecular flexibility index (Phi) is 6.95. The van der Waals surface area contributed by atoms with Gasteiger partial charge in [-0.05, 0) is 24.1 Å². The van der Waals surface area contributed by atoms with E-state index >= 15 is 0 Å². The van der Waals surface area contributed by atoms with Crippen LogP contribution in [0.15, 0.2) is 24.3 Å². The molecule has 0 aromatic heterocycles. The summed E-state index contributed by atoms with van der Waals surface area (Å²) in [6, 6.07) is 7.45. The number of rotatable bonds is 8. The van der Waals surface area contributed by atoms with Crippen LogP contribution in [0.4, 0.5) is 10.5 Å². The van der Waals surface area contributed by atoms with E-state index < -0.39 is 5.97 Å². The molecule has 0 bridgehead atoms. The minimum absolute atomic E-state index is 0.0782. The van der Waals surface area contributed by atoms with Crippen molar-refractivity contribution >= 4 is 17.7 Å². The van der Waals surface area contributed by atoms with Gasteiger partial charge in [-0.25, -0.2) is 4.79 Å². The van der Waals surface area contributed by atoms with E-state index in [0.717, 1.165) is 24.2 Å². The maximum absolute atomic E-state index is 11.4. The predicted molar refractivity (Wildman–Crippen MR) is 77.7 cm³/mol. The van der Waals surface area contributed by atoms with Gasteiger partial charge < -0.3 is 21.1 Å². The number of carboxylic acid groups (broad SMARTS) is 1. The number of amides is 2. The molecule has 0 fully saturated rings. The van der Waals surface area contributed by atoms with Gasteiger partial charge in [0.25, 0.3) is 0 Å². The molecule has 0 atom stereocenters. The number of carboxylic acids is 1. The van der Waals surface area contributed by atoms with Gasteiger partial charge in [0, 0.05) is 25.3 Å². The van der Waals surface area contributed by atoms with Gasteiger partial charge in [-0.2, -0.15) is 0 Å². The molecule has 0 unspecified atom stereocenters. The van der Waals surface area contributed by atoms with Gasteiger partial charge in [0.2, 0.25) is 0 Å². The molecule has 1 aromatic carbocycles. The van der Waals surface area contributed by atoms with Crippen molar-refractivity contribution in [2.24, 2.45) is 0 Å². The number of nitrogens with one attached hydrogen (secondary N) is 3. The quantitative estimate of drug-likeness (QED) is 0.584. The molecule has 0 saturated carbocycles. The zero-order chi connectivity index (χ0) is 14.8. The highest BCUT2D eigenvalue weighted by Gasteiger charge is 2.02. The number of aliphatic carboxylic acids is 1. The molecule has 0 spiro atoms. The van der Waals surface area contributed by atoms with E-state index in [-0.39, 0.29) is 19.0 Å². The molecule has 0 heterocycles. The topological polar surface area (TPSA) is 90.5 Å². The summed E-state index contributed by atoms with van der Waals surface area (Å²) >= 11 is 0. The molecule has 2 amide bonds. The zero-order valence-corrected chi connectivity index (χ0v) is 11.6. The monoisotopic (exact) mass is 279 g/mol. The van der Waals surface area contributed by atoms with Crippen LogP contribution in [-0.2, 0) is 11.3 Å². The van der Waals surface area contributed by atoms with Crippen LogP contribution in [0.2, 0.25) is 0 Å². The maximum Gasteiger partial charge on any atom is 0.315 e. The molecule has 0 aliphatic carbocycles. The van der Waals surface area contributed by atoms with E-state index in [1.165, 1.54) is 0 Å². The van der Waals surface area contributed by atoms with Crippen molar-refractivity contribution in [1.82, 2.24) is 10.6 Å². The summed E-state index contributed by atoms with van der Waals surface area (Å²) in [5.41, 5.74) is 2.04. The Balaban J connectivity index is 2.27. The first-order valence-electron chi connectivity index (χ1n) is 6.68. The minimum atomic E-state index is -0.930. The second-order valence-electron chi connectivity index (χ2n) is 4.38. The van der Waals surface area contributed by atoms with Crippen molar-refractivity contribution < 1.29 is 14.7 Å². The molecule has 0 radical (unpaired) electrons. The van der Waals surface area contributed by atoms with Crippen molar-refractivity contribution in [2.45, 2.75) is 26.3 Å². The third kappa shape index (κ3) is 6.63. The number of urea groups is 1. The van der Waals surface area contributed by atoms with E-state index in [2.05, 4.69) is 22.9 Å². The Morgan fingerprint density at radius 2 is 1.80 bits per heavy atom. The fraction of sp³-hybridized carbons (Fsp3) is 0.429. The molecular formula is C14H21N3O3. The average Bonchev–Trinajstić information content (AvgIpc) is 2.43. The molecule has 20 heavy (non-hydrogen) atoms. The number of hydrogen-bond donors (Lipinski definition) is 4. The summed E-state index contributed by atoms with van der Waals surface area (Å²) in [5, 5.41) is 16.9. The molecule has 0 aliphatic heterocycles. The molecule has 1 rings (SSSR count). The largest absolute Gasteiger partial charge is 0.481 e. The van der Waals surface area contributed by atoms with Crippen LogP contribution >= 0.6 is 0 Å². The fourth-order valence-electron chi connectivity index (χ4n) is 1.54. The summed E-state index contributed by atoms with van der Waals surface area (Å²) in [7, 11) is 0. The lowest BCUT2D eigenvalue weighted by Gasteiger charge is -2.08. The molecule has 0 aliphatic rings. The standard InChI is InChI=1S/C14H21N3O3/c1-2-8-15-12-5-3-11(4-6-12)10-17-14(20)16-9-7-13(18)19/h3-6,15H,2,7-10H2,1H3,(H,18,19)(H2,16,17,20). The van der Waals surface area contributed by atoms with Gasteiger partial charge in [0.15, 0.2) is 0 Å². The van der Waals surface area contributed by atoms with Crippen molar-refractivity contribution in [3.63, 3.8) is 0 Å². The number of carbonyl (C=O) groups excluding carboxylic acids is 1. The van der Waals surface area contributed by atoms with Crippen molar-refractivity contribution in [3.8, 4) is 0 Å². The van der Waals surface area contributed by atoms with Crippen LogP contribution in [0.3, 0.4) is 0 Å². The first kappa shape index (κ1) is 15.8. The third-order valence-electron chi connectivity index (χ3n) is 2.61. The second-order valence-corrected chi connectivity index (χ2v) is 4.38. The molecule has 4 N–H and O–H groups in total. The smallest absolute Gasteiger partial charge is 0.315 e. The minimum Gasteiger partial charge on any atom is -0.481 e. The number of benzene rings is 1. The highest BCUT2D eigenvalue weighted by Crippen LogP contribution is 2.09. The average molecular weight is 279 g/mol. The Morgan fingerprint density at radius 3 is 2.40 bits per heavy atom. The van der Waals surface area contributed by atoms with E-state index in [9.17, 15) is 9.59 Å². The maximum atomic E-state index is 11.4. The summed E-state index contributed by atoms with van der Waals surface area (Å²) in [4.78, 5) is 21.7. The Labute approximate surface area is 118 Å². The Hall–Kier alpha value is -2.24. The summed E-state index contributed by atoms with van der Waals surface area (Å²) < 4.78 is 0. The van der Waals surface area contributed by atoms with Crippen LogP contribution in [0.1, 0.15) is 25.3 Å². The van der Waals surface area contributed by atoms with Gasteiger partial charge in [-0.1, -0.05) is 19.1 Å². The third-order valence-corrected chi connectivity index (χ3v) is 2.61. The molecule has 6 heteroatoms. The first-order valence-corrected chi connectivity index (χ1v) is 6.68. The Morgan fingerprint density at radius 1 is 1.10 bits per heavy atom. The molecule has 110 valence electrons. The normalized spacial score (nSPS) is 9.85. The van der Waals surface area contributed by atoms with Gasteiger partial charge >= 0.3 is 12.0 Å². The molecular weight excluding hydrogens is 258 g/mol. The van der Waals surface area contributed by atoms with E-state index in [1.54, 1.807) is 0 Å². The van der Waals surface area contributed by atoms with E-state index in [4.69, 9.17) is 5.11 Å². The van der Waals surface area contributed by atoms with Crippen molar-refractivity contribution in [3.05, 3.63) is 29.8 Å². The summed E-state index contributed by atoms with van der Waals surface area (Å²) in [5.74, 6) is -0.930. The van der Waals surface area contributed by atoms with Gasteiger partial charge in [0.05, 0.1) is 6.42 Å². The van der Waals surface area contributed by atoms with Gasteiger partial charge in [-0.3, -0.25) is 4.79 Å². The van der Waals surface area contributed by atoms with Crippen LogP contribution in [0, 0.1) is 0 Å². The number of hydrogen-bond acceptors (Lipinski definition) is 3. The van der Waals surface area contributed by atoms with Crippen molar-refractivity contribution in [2.75, 3.05) is 18.4 Å². The predicted octanol–water partition coefficient (Wildman–Crippen LogP) is 1.78. The summed E-state index contributed by atoms with van der Waals surface area (Å²) in [6.07, 6.45) is 0.991. The second kappa shape index (κ2) is 8.79. The van der Waals surface area contributed by atoms with Crippen LogP contribution in [0.5, 0.6) is 0 Å². The first-order chi connectivity index (χ1) is 9.61. The molecule has 1 aromatic rings. The molecule has 0 saturated heterocycles. The van der Waals surface area contributed by atoms with Crippen molar-refractivity contribution in [1.29, 1.82) is 0 Å². The van der Waals surface area contributed by atoms with Crippen LogP contribution < -0.4 is 16.0 Å². The number of carbonyl (C=O) groups is 2.